The van der Waals surface area contributed by atoms with Gasteiger partial charge in [-0.2, -0.15) is 0 Å². The van der Waals surface area contributed by atoms with Crippen LogP contribution in [0.2, 0.25) is 0 Å². The van der Waals surface area contributed by atoms with E-state index < -0.39 is 9.84 Å². The third kappa shape index (κ3) is 2.99. The van der Waals surface area contributed by atoms with E-state index in [1.807, 2.05) is 24.3 Å². The average Bonchev–Trinajstić information content (AvgIpc) is 3.36. The number of aliphatic imine (C=N–C) groups is 2. The van der Waals surface area contributed by atoms with E-state index in [9.17, 15) is 8.42 Å². The third-order valence-corrected chi connectivity index (χ3v) is 6.59. The van der Waals surface area contributed by atoms with Crippen LogP contribution in [0.1, 0.15) is 11.1 Å². The van der Waals surface area contributed by atoms with Crippen molar-refractivity contribution in [2.45, 2.75) is 9.79 Å². The average molecular weight is 425 g/mol. The molecule has 2 aromatic rings. The zero-order chi connectivity index (χ0) is 17.0. The summed E-state index contributed by atoms with van der Waals surface area (Å²) in [5.41, 5.74) is 3.32. The Hall–Kier alpha value is -2.09. The first kappa shape index (κ1) is 19.7. The van der Waals surface area contributed by atoms with E-state index in [-0.39, 0.29) is 24.8 Å². The van der Waals surface area contributed by atoms with Crippen molar-refractivity contribution in [3.8, 4) is 11.1 Å². The lowest BCUT2D eigenvalue weighted by atomic mass is 10.0. The van der Waals surface area contributed by atoms with Crippen LogP contribution in [0.5, 0.6) is 0 Å². The monoisotopic (exact) mass is 424 g/mol. The molecular formula is C18H18Cl2N4O2S. The number of fused-ring (bicyclic) bond motifs is 3. The number of hydrogen-bond donors (Lipinski definition) is 2. The molecular weight excluding hydrogens is 407 g/mol. The molecule has 9 heteroatoms. The molecule has 0 bridgehead atoms. The maximum Gasteiger partial charge on any atom is 0.207 e. The van der Waals surface area contributed by atoms with Crippen LogP contribution in [-0.4, -0.2) is 46.3 Å². The van der Waals surface area contributed by atoms with Gasteiger partial charge < -0.3 is 10.6 Å². The molecule has 6 nitrogen and oxygen atoms in total. The van der Waals surface area contributed by atoms with Gasteiger partial charge in [0.15, 0.2) is 0 Å². The molecule has 0 aliphatic carbocycles. The first-order valence-electron chi connectivity index (χ1n) is 8.25. The summed E-state index contributed by atoms with van der Waals surface area (Å²) in [6, 6.07) is 10.9. The lowest BCUT2D eigenvalue weighted by molar-refractivity contribution is 0.598. The molecule has 0 aromatic heterocycles. The lowest BCUT2D eigenvalue weighted by Gasteiger charge is -2.07. The minimum absolute atomic E-state index is 0. The second kappa shape index (κ2) is 7.14. The molecule has 0 atom stereocenters. The molecule has 0 radical (unpaired) electrons. The van der Waals surface area contributed by atoms with Gasteiger partial charge in [0.1, 0.15) is 11.7 Å². The van der Waals surface area contributed by atoms with Gasteiger partial charge in [0, 0.05) is 35.3 Å². The van der Waals surface area contributed by atoms with Crippen molar-refractivity contribution < 1.29 is 8.42 Å². The first-order chi connectivity index (χ1) is 12.1. The van der Waals surface area contributed by atoms with Crippen LogP contribution >= 0.6 is 24.8 Å². The van der Waals surface area contributed by atoms with Gasteiger partial charge in [-0.3, -0.25) is 9.98 Å². The molecule has 3 heterocycles. The van der Waals surface area contributed by atoms with Gasteiger partial charge in [-0.25, -0.2) is 8.42 Å². The minimum atomic E-state index is -3.47. The van der Waals surface area contributed by atoms with Crippen LogP contribution in [0, 0.1) is 0 Å². The maximum absolute atomic E-state index is 12.8. The van der Waals surface area contributed by atoms with Crippen molar-refractivity contribution >= 4 is 46.3 Å². The van der Waals surface area contributed by atoms with Crippen molar-refractivity contribution in [3.05, 3.63) is 47.5 Å². The summed E-state index contributed by atoms with van der Waals surface area (Å²) >= 11 is 0. The van der Waals surface area contributed by atoms with Gasteiger partial charge >= 0.3 is 0 Å². The molecule has 0 spiro atoms. The Kier molecular flexibility index (Phi) is 5.20. The quantitative estimate of drug-likeness (QED) is 0.659. The van der Waals surface area contributed by atoms with E-state index >= 15 is 0 Å². The summed E-state index contributed by atoms with van der Waals surface area (Å²) in [6.45, 7) is 3.13. The summed E-state index contributed by atoms with van der Waals surface area (Å²) in [5.74, 6) is 1.65. The number of nitrogens with zero attached hydrogens (tertiary/aromatic N) is 2. The number of hydrogen-bond acceptors (Lipinski definition) is 6. The van der Waals surface area contributed by atoms with Gasteiger partial charge in [-0.1, -0.05) is 0 Å². The van der Waals surface area contributed by atoms with Crippen LogP contribution in [0.3, 0.4) is 0 Å². The molecule has 0 fully saturated rings. The predicted octanol–water partition coefficient (Wildman–Crippen LogP) is 2.04. The van der Waals surface area contributed by atoms with Crippen LogP contribution < -0.4 is 10.6 Å². The number of halogens is 2. The fourth-order valence-corrected chi connectivity index (χ4v) is 5.19. The fraction of sp³-hybridized carbons (Fsp3) is 0.222. The largest absolute Gasteiger partial charge is 0.368 e. The van der Waals surface area contributed by atoms with Crippen LogP contribution in [0.25, 0.3) is 11.1 Å². The third-order valence-electron chi connectivity index (χ3n) is 4.72. The Morgan fingerprint density at radius 1 is 0.741 bits per heavy atom. The standard InChI is InChI=1S/C18H16N4O2S.2ClH/c23-25(24)15-3-1-11(17-19-5-6-20-17)9-13(15)14-10-12(2-4-16(14)25)18-21-7-8-22-18;;/h1-4,9-10H,5-8H2,(H,19,20)(H,21,22);2*1H. The first-order valence-corrected chi connectivity index (χ1v) is 9.74. The number of nitrogens with one attached hydrogen (secondary N) is 2. The zero-order valence-corrected chi connectivity index (χ0v) is 16.7. The van der Waals surface area contributed by atoms with Gasteiger partial charge in [-0.05, 0) is 36.4 Å². The number of sulfone groups is 1. The highest BCUT2D eigenvalue weighted by Gasteiger charge is 2.34. The van der Waals surface area contributed by atoms with E-state index in [1.54, 1.807) is 12.1 Å². The van der Waals surface area contributed by atoms with Crippen molar-refractivity contribution in [1.29, 1.82) is 0 Å². The second-order valence-corrected chi connectivity index (χ2v) is 8.13. The summed E-state index contributed by atoms with van der Waals surface area (Å²) in [6.07, 6.45) is 0. The summed E-state index contributed by atoms with van der Waals surface area (Å²) < 4.78 is 25.7. The van der Waals surface area contributed by atoms with Crippen LogP contribution in [0.15, 0.2) is 56.2 Å². The van der Waals surface area contributed by atoms with Crippen LogP contribution in [0.4, 0.5) is 0 Å². The number of amidine groups is 2. The van der Waals surface area contributed by atoms with Crippen molar-refractivity contribution in [3.63, 3.8) is 0 Å². The van der Waals surface area contributed by atoms with Crippen molar-refractivity contribution in [1.82, 2.24) is 10.6 Å². The smallest absolute Gasteiger partial charge is 0.207 e. The van der Waals surface area contributed by atoms with E-state index in [0.717, 1.165) is 60.1 Å². The molecule has 2 aromatic carbocycles. The SMILES string of the molecule is Cl.Cl.O=S1(=O)c2ccc(C3=NCCN3)cc2-c2cc(C3=NCCN3)ccc21. The fourth-order valence-electron chi connectivity index (χ4n) is 3.55. The van der Waals surface area contributed by atoms with Gasteiger partial charge in [0.05, 0.1) is 22.9 Å². The topological polar surface area (TPSA) is 82.9 Å². The maximum atomic E-state index is 12.8. The summed E-state index contributed by atoms with van der Waals surface area (Å²) in [7, 11) is -3.47. The number of rotatable bonds is 2. The highest BCUT2D eigenvalue weighted by atomic mass is 35.5. The molecule has 0 amide bonds. The normalized spacial score (nSPS) is 18.1. The number of benzene rings is 2. The Bertz CT molecular complexity index is 1000. The highest BCUT2D eigenvalue weighted by Crippen LogP contribution is 2.44. The Balaban J connectivity index is 0.00000105. The summed E-state index contributed by atoms with van der Waals surface area (Å²) in [4.78, 5) is 9.59. The molecule has 0 saturated heterocycles. The Morgan fingerprint density at radius 2 is 1.19 bits per heavy atom. The molecule has 0 saturated carbocycles. The van der Waals surface area contributed by atoms with Crippen molar-refractivity contribution in [2.75, 3.05) is 26.2 Å². The Morgan fingerprint density at radius 3 is 1.56 bits per heavy atom. The predicted molar refractivity (Wildman–Crippen MR) is 111 cm³/mol. The van der Waals surface area contributed by atoms with Gasteiger partial charge in [0.2, 0.25) is 9.84 Å². The van der Waals surface area contributed by atoms with E-state index in [4.69, 9.17) is 0 Å². The lowest BCUT2D eigenvalue weighted by Crippen LogP contribution is -2.19. The summed E-state index contributed by atoms with van der Waals surface area (Å²) in [5, 5.41) is 6.47. The second-order valence-electron chi connectivity index (χ2n) is 6.24. The zero-order valence-electron chi connectivity index (χ0n) is 14.2. The van der Waals surface area contributed by atoms with Crippen LogP contribution in [-0.2, 0) is 9.84 Å². The van der Waals surface area contributed by atoms with Gasteiger partial charge in [-0.15, -0.1) is 24.8 Å². The van der Waals surface area contributed by atoms with E-state index in [1.165, 1.54) is 0 Å². The molecule has 27 heavy (non-hydrogen) atoms. The molecule has 0 unspecified atom stereocenters. The van der Waals surface area contributed by atoms with Gasteiger partial charge in [0.25, 0.3) is 0 Å². The van der Waals surface area contributed by atoms with E-state index in [0.29, 0.717) is 9.79 Å². The molecule has 5 rings (SSSR count). The van der Waals surface area contributed by atoms with Crippen molar-refractivity contribution in [2.24, 2.45) is 9.98 Å². The molecule has 3 aliphatic heterocycles. The minimum Gasteiger partial charge on any atom is -0.368 e. The molecule has 142 valence electrons. The highest BCUT2D eigenvalue weighted by molar-refractivity contribution is 7.92. The molecule has 3 aliphatic rings. The molecule has 2 N–H and O–H groups in total. The Labute approximate surface area is 169 Å². The van der Waals surface area contributed by atoms with E-state index in [2.05, 4.69) is 20.6 Å².